The molecule has 0 amide bonds. The lowest BCUT2D eigenvalue weighted by atomic mass is 9.79. The quantitative estimate of drug-likeness (QED) is 0.582. The molecule has 0 aromatic heterocycles. The molecular weight excluding hydrogens is 204 g/mol. The van der Waals surface area contributed by atoms with E-state index in [2.05, 4.69) is 65.0 Å². The second-order valence-corrected chi connectivity index (χ2v) is 7.02. The highest BCUT2D eigenvalue weighted by Gasteiger charge is 2.20. The second-order valence-electron chi connectivity index (χ2n) is 7.02. The molecule has 0 nitrogen and oxygen atoms in total. The molecule has 0 heterocycles. The molecule has 0 aliphatic rings. The van der Waals surface area contributed by atoms with Crippen molar-refractivity contribution in [1.29, 1.82) is 0 Å². The Morgan fingerprint density at radius 3 is 1.82 bits per heavy atom. The van der Waals surface area contributed by atoms with Crippen LogP contribution >= 0.6 is 0 Å². The Morgan fingerprint density at radius 1 is 0.765 bits per heavy atom. The molecule has 0 heteroatoms. The average Bonchev–Trinajstić information content (AvgIpc) is 2.25. The normalized spacial score (nSPS) is 12.8. The summed E-state index contributed by atoms with van der Waals surface area (Å²) in [5, 5.41) is 0. The predicted molar refractivity (Wildman–Crippen MR) is 77.4 cm³/mol. The van der Waals surface area contributed by atoms with Crippen LogP contribution in [-0.2, 0) is 5.41 Å². The lowest BCUT2D eigenvalue weighted by Crippen LogP contribution is -2.17. The van der Waals surface area contributed by atoms with Crippen molar-refractivity contribution >= 4 is 0 Å². The fourth-order valence-corrected chi connectivity index (χ4v) is 2.26. The van der Waals surface area contributed by atoms with Crippen LogP contribution < -0.4 is 0 Å². The number of hydrogen-bond donors (Lipinski definition) is 0. The van der Waals surface area contributed by atoms with Crippen LogP contribution in [0.5, 0.6) is 0 Å². The van der Waals surface area contributed by atoms with Gasteiger partial charge in [-0.1, -0.05) is 77.8 Å². The summed E-state index contributed by atoms with van der Waals surface area (Å²) in [4.78, 5) is 0. The third-order valence-corrected chi connectivity index (χ3v) is 3.53. The minimum atomic E-state index is 0.319. The van der Waals surface area contributed by atoms with Crippen molar-refractivity contribution in [3.63, 3.8) is 0 Å². The topological polar surface area (TPSA) is 0 Å². The van der Waals surface area contributed by atoms with Gasteiger partial charge in [-0.05, 0) is 29.2 Å². The highest BCUT2D eigenvalue weighted by Crippen LogP contribution is 2.30. The van der Waals surface area contributed by atoms with E-state index in [0.717, 1.165) is 0 Å². The molecule has 0 bridgehead atoms. The van der Waals surface area contributed by atoms with Crippen LogP contribution in [0, 0.1) is 5.41 Å². The molecular formula is C17H28. The van der Waals surface area contributed by atoms with E-state index in [1.165, 1.54) is 31.2 Å². The van der Waals surface area contributed by atoms with Gasteiger partial charge in [-0.15, -0.1) is 0 Å². The Kier molecular flexibility index (Phi) is 4.80. The number of unbranched alkanes of at least 4 members (excludes halogenated alkanes) is 1. The van der Waals surface area contributed by atoms with Gasteiger partial charge in [-0.25, -0.2) is 0 Å². The van der Waals surface area contributed by atoms with Gasteiger partial charge in [0.25, 0.3) is 0 Å². The van der Waals surface area contributed by atoms with Gasteiger partial charge in [0.05, 0.1) is 0 Å². The summed E-state index contributed by atoms with van der Waals surface area (Å²) < 4.78 is 0. The minimum Gasteiger partial charge on any atom is -0.0622 e. The first-order valence-corrected chi connectivity index (χ1v) is 6.87. The number of hydrogen-bond acceptors (Lipinski definition) is 0. The summed E-state index contributed by atoms with van der Waals surface area (Å²) >= 11 is 0. The van der Waals surface area contributed by atoms with Crippen molar-refractivity contribution in [1.82, 2.24) is 0 Å². The van der Waals surface area contributed by atoms with E-state index >= 15 is 0 Å². The van der Waals surface area contributed by atoms with E-state index in [-0.39, 0.29) is 0 Å². The van der Waals surface area contributed by atoms with Crippen LogP contribution in [0.2, 0.25) is 0 Å². The fourth-order valence-electron chi connectivity index (χ4n) is 2.26. The molecule has 0 aliphatic carbocycles. The molecule has 0 radical (unpaired) electrons. The first-order chi connectivity index (χ1) is 7.81. The van der Waals surface area contributed by atoms with Crippen molar-refractivity contribution in [2.45, 2.75) is 65.7 Å². The van der Waals surface area contributed by atoms with E-state index in [4.69, 9.17) is 0 Å². The largest absolute Gasteiger partial charge is 0.0622 e. The van der Waals surface area contributed by atoms with E-state index < -0.39 is 0 Å². The highest BCUT2D eigenvalue weighted by atomic mass is 14.2. The van der Waals surface area contributed by atoms with Gasteiger partial charge >= 0.3 is 0 Å². The van der Waals surface area contributed by atoms with Crippen molar-refractivity contribution in [3.8, 4) is 0 Å². The Bertz CT molecular complexity index is 314. The standard InChI is InChI=1S/C17H28/c1-16(2,3)13-9-10-14-17(4,5)15-11-7-6-8-12-15/h6-8,11-12H,9-10,13-14H2,1-5H3. The van der Waals surface area contributed by atoms with Crippen LogP contribution in [0.25, 0.3) is 0 Å². The first kappa shape index (κ1) is 14.3. The molecule has 96 valence electrons. The van der Waals surface area contributed by atoms with E-state index in [0.29, 0.717) is 10.8 Å². The highest BCUT2D eigenvalue weighted by molar-refractivity contribution is 5.23. The Morgan fingerprint density at radius 2 is 1.29 bits per heavy atom. The van der Waals surface area contributed by atoms with Crippen molar-refractivity contribution in [2.24, 2.45) is 5.41 Å². The molecule has 0 saturated heterocycles. The van der Waals surface area contributed by atoms with E-state index in [9.17, 15) is 0 Å². The number of rotatable bonds is 5. The Labute approximate surface area is 107 Å². The molecule has 0 unspecified atom stereocenters. The van der Waals surface area contributed by atoms with Crippen LogP contribution in [0.4, 0.5) is 0 Å². The molecule has 0 spiro atoms. The van der Waals surface area contributed by atoms with Crippen LogP contribution in [0.1, 0.15) is 65.9 Å². The fraction of sp³-hybridized carbons (Fsp3) is 0.647. The van der Waals surface area contributed by atoms with Crippen molar-refractivity contribution in [2.75, 3.05) is 0 Å². The maximum absolute atomic E-state index is 2.36. The third-order valence-electron chi connectivity index (χ3n) is 3.53. The van der Waals surface area contributed by atoms with Gasteiger partial charge in [-0.2, -0.15) is 0 Å². The second kappa shape index (κ2) is 5.71. The smallest absolute Gasteiger partial charge is 0.0104 e. The van der Waals surface area contributed by atoms with Gasteiger partial charge in [-0.3, -0.25) is 0 Å². The van der Waals surface area contributed by atoms with Crippen LogP contribution in [0.3, 0.4) is 0 Å². The lowest BCUT2D eigenvalue weighted by Gasteiger charge is -2.26. The summed E-state index contributed by atoms with van der Waals surface area (Å²) in [5.74, 6) is 0. The Balaban J connectivity index is 2.41. The Hall–Kier alpha value is -0.780. The summed E-state index contributed by atoms with van der Waals surface area (Å²) in [5.41, 5.74) is 2.27. The zero-order valence-electron chi connectivity index (χ0n) is 12.2. The molecule has 0 atom stereocenters. The van der Waals surface area contributed by atoms with E-state index in [1.807, 2.05) is 0 Å². The van der Waals surface area contributed by atoms with Crippen molar-refractivity contribution in [3.05, 3.63) is 35.9 Å². The lowest BCUT2D eigenvalue weighted by molar-refractivity contribution is 0.344. The summed E-state index contributed by atoms with van der Waals surface area (Å²) in [6.45, 7) is 11.7. The van der Waals surface area contributed by atoms with Gasteiger partial charge in [0.2, 0.25) is 0 Å². The predicted octanol–water partition coefficient (Wildman–Crippen LogP) is 5.57. The maximum Gasteiger partial charge on any atom is -0.0104 e. The molecule has 0 saturated carbocycles. The average molecular weight is 232 g/mol. The van der Waals surface area contributed by atoms with Crippen LogP contribution in [0.15, 0.2) is 30.3 Å². The maximum atomic E-state index is 2.36. The summed E-state index contributed by atoms with van der Waals surface area (Å²) in [6, 6.07) is 10.9. The van der Waals surface area contributed by atoms with Crippen molar-refractivity contribution < 1.29 is 0 Å². The van der Waals surface area contributed by atoms with E-state index in [1.54, 1.807) is 0 Å². The summed E-state index contributed by atoms with van der Waals surface area (Å²) in [6.07, 6.45) is 5.30. The minimum absolute atomic E-state index is 0.319. The van der Waals surface area contributed by atoms with Crippen LogP contribution in [-0.4, -0.2) is 0 Å². The molecule has 0 N–H and O–H groups in total. The monoisotopic (exact) mass is 232 g/mol. The molecule has 1 aromatic carbocycles. The molecule has 1 rings (SSSR count). The molecule has 0 aliphatic heterocycles. The van der Waals surface area contributed by atoms with Gasteiger partial charge in [0.1, 0.15) is 0 Å². The summed E-state index contributed by atoms with van der Waals surface area (Å²) in [7, 11) is 0. The third kappa shape index (κ3) is 5.39. The first-order valence-electron chi connectivity index (χ1n) is 6.87. The molecule has 0 fully saturated rings. The zero-order valence-corrected chi connectivity index (χ0v) is 12.2. The molecule has 1 aromatic rings. The van der Waals surface area contributed by atoms with Gasteiger partial charge in [0.15, 0.2) is 0 Å². The van der Waals surface area contributed by atoms with Gasteiger partial charge < -0.3 is 0 Å². The molecule has 17 heavy (non-hydrogen) atoms. The number of benzene rings is 1. The van der Waals surface area contributed by atoms with Gasteiger partial charge in [0, 0.05) is 0 Å². The SMILES string of the molecule is CC(C)(C)CCCCC(C)(C)c1ccccc1. The zero-order chi connectivity index (χ0) is 12.9.